The molecule has 0 aliphatic carbocycles. The normalized spacial score (nSPS) is 13.8. The summed E-state index contributed by atoms with van der Waals surface area (Å²) in [6, 6.07) is 8.07. The first-order valence-electron chi connectivity index (χ1n) is 11.3. The number of ether oxygens (including phenoxy) is 2. The van der Waals surface area contributed by atoms with Crippen molar-refractivity contribution >= 4 is 17.6 Å². The number of rotatable bonds is 10. The van der Waals surface area contributed by atoms with E-state index < -0.39 is 11.9 Å². The summed E-state index contributed by atoms with van der Waals surface area (Å²) in [5.74, 6) is -1.62. The van der Waals surface area contributed by atoms with Crippen LogP contribution in [0.25, 0.3) is 0 Å². The van der Waals surface area contributed by atoms with Crippen molar-refractivity contribution in [2.45, 2.75) is 19.6 Å². The summed E-state index contributed by atoms with van der Waals surface area (Å²) < 4.78 is 11.7. The maximum absolute atomic E-state index is 12.4. The number of methoxy groups -OCH3 is 2. The number of piperazine rings is 1. The lowest BCUT2D eigenvalue weighted by Gasteiger charge is -2.36. The third-order valence-corrected chi connectivity index (χ3v) is 5.46. The van der Waals surface area contributed by atoms with Gasteiger partial charge in [-0.05, 0) is 25.1 Å². The van der Waals surface area contributed by atoms with E-state index in [4.69, 9.17) is 19.7 Å². The topological polar surface area (TPSA) is 154 Å². The van der Waals surface area contributed by atoms with Gasteiger partial charge in [0.2, 0.25) is 0 Å². The molecule has 1 aromatic carbocycles. The van der Waals surface area contributed by atoms with Gasteiger partial charge in [-0.2, -0.15) is 0 Å². The summed E-state index contributed by atoms with van der Waals surface area (Å²) in [6.45, 7) is 5.16. The number of hydrogen-bond donors (Lipinski definition) is 3. The number of anilines is 1. The highest BCUT2D eigenvalue weighted by Gasteiger charge is 2.19. The largest absolute Gasteiger partial charge is 0.495 e. The van der Waals surface area contributed by atoms with Crippen LogP contribution in [0.3, 0.4) is 0 Å². The third-order valence-electron chi connectivity index (χ3n) is 5.46. The van der Waals surface area contributed by atoms with Gasteiger partial charge in [-0.3, -0.25) is 14.3 Å². The molecule has 1 aliphatic rings. The predicted octanol–water partition coefficient (Wildman–Crippen LogP) is 0.616. The molecule has 0 amide bonds. The molecule has 0 saturated carbocycles. The predicted molar refractivity (Wildman–Crippen MR) is 133 cm³/mol. The van der Waals surface area contributed by atoms with Crippen molar-refractivity contribution in [3.63, 3.8) is 0 Å². The van der Waals surface area contributed by atoms with Gasteiger partial charge in [-0.1, -0.05) is 12.1 Å². The van der Waals surface area contributed by atoms with Gasteiger partial charge in [-0.25, -0.2) is 14.4 Å². The van der Waals surface area contributed by atoms with E-state index >= 15 is 0 Å². The molecule has 3 N–H and O–H groups in total. The lowest BCUT2D eigenvalue weighted by molar-refractivity contribution is -0.134. The maximum Gasteiger partial charge on any atom is 0.328 e. The van der Waals surface area contributed by atoms with Crippen LogP contribution < -0.4 is 20.9 Å². The zero-order chi connectivity index (χ0) is 26.5. The van der Waals surface area contributed by atoms with Crippen molar-refractivity contribution in [2.75, 3.05) is 51.8 Å². The highest BCUT2D eigenvalue weighted by atomic mass is 16.5. The molecule has 1 fully saturated rings. The number of H-pyrrole nitrogens is 1. The number of aromatic nitrogens is 2. The second kappa shape index (κ2) is 14.5. The third kappa shape index (κ3) is 8.71. The molecule has 1 saturated heterocycles. The Morgan fingerprint density at radius 3 is 2.22 bits per heavy atom. The van der Waals surface area contributed by atoms with Crippen molar-refractivity contribution in [1.29, 1.82) is 0 Å². The molecule has 196 valence electrons. The summed E-state index contributed by atoms with van der Waals surface area (Å²) in [5, 5.41) is 15.6. The fourth-order valence-corrected chi connectivity index (χ4v) is 3.71. The van der Waals surface area contributed by atoms with E-state index in [-0.39, 0.29) is 17.9 Å². The minimum Gasteiger partial charge on any atom is -0.495 e. The molecule has 0 bridgehead atoms. The number of aromatic amines is 1. The SMILES string of the molecule is COCc1c[nH]c(=O)n(CCCN2CCN(c3ccccc3OC)CC2)c1=O.O=C(O)C=CC(=O)O. The van der Waals surface area contributed by atoms with Crippen molar-refractivity contribution in [2.24, 2.45) is 0 Å². The Labute approximate surface area is 208 Å². The van der Waals surface area contributed by atoms with Gasteiger partial charge in [-0.15, -0.1) is 0 Å². The second-order valence-corrected chi connectivity index (χ2v) is 7.87. The molecular weight excluding hydrogens is 472 g/mol. The van der Waals surface area contributed by atoms with E-state index in [9.17, 15) is 19.2 Å². The summed E-state index contributed by atoms with van der Waals surface area (Å²) in [5.41, 5.74) is 0.947. The first-order valence-corrected chi connectivity index (χ1v) is 11.3. The molecule has 2 heterocycles. The van der Waals surface area contributed by atoms with Gasteiger partial charge in [0.05, 0.1) is 25.0 Å². The molecule has 3 rings (SSSR count). The fraction of sp³-hybridized carbons (Fsp3) is 0.417. The molecule has 12 nitrogen and oxygen atoms in total. The highest BCUT2D eigenvalue weighted by molar-refractivity contribution is 5.89. The molecule has 0 atom stereocenters. The van der Waals surface area contributed by atoms with Gasteiger partial charge in [0.1, 0.15) is 5.75 Å². The average molecular weight is 505 g/mol. The van der Waals surface area contributed by atoms with Crippen LogP contribution in [0.1, 0.15) is 12.0 Å². The van der Waals surface area contributed by atoms with Crippen LogP contribution in [0.2, 0.25) is 0 Å². The van der Waals surface area contributed by atoms with Crippen molar-refractivity contribution in [3.05, 3.63) is 69.0 Å². The maximum atomic E-state index is 12.4. The van der Waals surface area contributed by atoms with Crippen LogP contribution in [0, 0.1) is 0 Å². The quantitative estimate of drug-likeness (QED) is 0.392. The van der Waals surface area contributed by atoms with Crippen molar-refractivity contribution < 1.29 is 29.3 Å². The Hall–Kier alpha value is -3.90. The Morgan fingerprint density at radius 1 is 1.00 bits per heavy atom. The number of para-hydroxylation sites is 2. The van der Waals surface area contributed by atoms with Crippen LogP contribution in [-0.2, 0) is 27.5 Å². The number of nitrogens with zero attached hydrogens (tertiary/aromatic N) is 3. The molecular formula is C24H32N4O8. The highest BCUT2D eigenvalue weighted by Crippen LogP contribution is 2.28. The second-order valence-electron chi connectivity index (χ2n) is 7.87. The minimum atomic E-state index is -1.26. The van der Waals surface area contributed by atoms with E-state index in [2.05, 4.69) is 20.9 Å². The van der Waals surface area contributed by atoms with Crippen molar-refractivity contribution in [1.82, 2.24) is 14.5 Å². The number of carboxylic acids is 2. The molecule has 36 heavy (non-hydrogen) atoms. The van der Waals surface area contributed by atoms with Gasteiger partial charge < -0.3 is 29.6 Å². The van der Waals surface area contributed by atoms with Crippen LogP contribution in [0.15, 0.2) is 52.2 Å². The van der Waals surface area contributed by atoms with E-state index in [1.54, 1.807) is 7.11 Å². The Kier molecular flexibility index (Phi) is 11.4. The monoisotopic (exact) mass is 504 g/mol. The van der Waals surface area contributed by atoms with Crippen LogP contribution in [0.5, 0.6) is 5.75 Å². The summed E-state index contributed by atoms with van der Waals surface area (Å²) in [4.78, 5) is 50.7. The number of aliphatic carboxylic acids is 2. The summed E-state index contributed by atoms with van der Waals surface area (Å²) >= 11 is 0. The molecule has 0 spiro atoms. The molecule has 2 aromatic rings. The fourth-order valence-electron chi connectivity index (χ4n) is 3.71. The van der Waals surface area contributed by atoms with Gasteiger partial charge in [0, 0.05) is 58.2 Å². The zero-order valence-corrected chi connectivity index (χ0v) is 20.4. The zero-order valence-electron chi connectivity index (χ0n) is 20.4. The summed E-state index contributed by atoms with van der Waals surface area (Å²) in [7, 11) is 3.22. The minimum absolute atomic E-state index is 0.195. The van der Waals surface area contributed by atoms with E-state index in [1.165, 1.54) is 17.9 Å². The standard InChI is InChI=1S/C20H28N4O4.C4H4O4/c1-27-15-16-14-21-20(26)24(19(16)25)9-5-8-22-10-12-23(13-11-22)17-6-3-4-7-18(17)28-2;5-3(6)1-2-4(7)8/h3-4,6-7,14H,5,8-13,15H2,1-2H3,(H,21,26);1-2H,(H,5,6)(H,7,8). The molecule has 0 unspecified atom stereocenters. The average Bonchev–Trinajstić information content (AvgIpc) is 2.87. The van der Waals surface area contributed by atoms with E-state index in [0.717, 1.165) is 50.6 Å². The van der Waals surface area contributed by atoms with Gasteiger partial charge >= 0.3 is 17.6 Å². The van der Waals surface area contributed by atoms with Crippen LogP contribution in [0.4, 0.5) is 5.69 Å². The number of carboxylic acid groups (broad SMARTS) is 2. The van der Waals surface area contributed by atoms with Crippen LogP contribution in [-0.4, -0.2) is 83.5 Å². The number of benzene rings is 1. The Balaban J connectivity index is 0.000000493. The van der Waals surface area contributed by atoms with Crippen molar-refractivity contribution in [3.8, 4) is 5.75 Å². The lowest BCUT2D eigenvalue weighted by atomic mass is 10.2. The van der Waals surface area contributed by atoms with E-state index in [1.807, 2.05) is 18.2 Å². The van der Waals surface area contributed by atoms with Gasteiger partial charge in [0.15, 0.2) is 0 Å². The molecule has 12 heteroatoms. The summed E-state index contributed by atoms with van der Waals surface area (Å²) in [6.07, 6.45) is 3.29. The number of hydrogen-bond acceptors (Lipinski definition) is 8. The Morgan fingerprint density at radius 2 is 1.64 bits per heavy atom. The van der Waals surface area contributed by atoms with Crippen LogP contribution >= 0.6 is 0 Å². The number of carbonyl (C=O) groups is 2. The molecule has 1 aliphatic heterocycles. The van der Waals surface area contributed by atoms with Gasteiger partial charge in [0.25, 0.3) is 5.56 Å². The smallest absolute Gasteiger partial charge is 0.328 e. The first-order chi connectivity index (χ1) is 17.3. The van der Waals surface area contributed by atoms with E-state index in [0.29, 0.717) is 24.3 Å². The first kappa shape index (κ1) is 28.3. The molecule has 0 radical (unpaired) electrons. The lowest BCUT2D eigenvalue weighted by Crippen LogP contribution is -2.47. The Bertz CT molecular complexity index is 1130. The molecule has 1 aromatic heterocycles. The number of nitrogens with one attached hydrogen (secondary N) is 1.